The van der Waals surface area contributed by atoms with E-state index in [1.54, 1.807) is 38.2 Å². The molecule has 94 valence electrons. The van der Waals surface area contributed by atoms with Gasteiger partial charge in [-0.3, -0.25) is 9.10 Å². The van der Waals surface area contributed by atoms with Gasteiger partial charge in [0, 0.05) is 18.5 Å². The minimum atomic E-state index is -1.23. The van der Waals surface area contributed by atoms with Gasteiger partial charge in [0.2, 0.25) is 5.91 Å². The average molecular weight is 255 g/mol. The van der Waals surface area contributed by atoms with Crippen LogP contribution in [0.5, 0.6) is 0 Å². The Balaban J connectivity index is 2.97. The third kappa shape index (κ3) is 3.74. The SMILES string of the molecule is CCS(=O)N(CC(=O)NC)c1cccc(N)c1. The molecule has 0 bridgehead atoms. The number of hydrogen-bond donors (Lipinski definition) is 2. The van der Waals surface area contributed by atoms with Gasteiger partial charge in [-0.2, -0.15) is 0 Å². The van der Waals surface area contributed by atoms with Gasteiger partial charge >= 0.3 is 0 Å². The number of carbonyl (C=O) groups excluding carboxylic acids is 1. The number of nitrogen functional groups attached to an aromatic ring is 1. The van der Waals surface area contributed by atoms with Crippen LogP contribution in [0.2, 0.25) is 0 Å². The summed E-state index contributed by atoms with van der Waals surface area (Å²) >= 11 is 0. The maximum atomic E-state index is 11.9. The Hall–Kier alpha value is -1.56. The number of rotatable bonds is 5. The van der Waals surface area contributed by atoms with E-state index in [9.17, 15) is 9.00 Å². The third-order valence-electron chi connectivity index (χ3n) is 2.22. The van der Waals surface area contributed by atoms with Gasteiger partial charge < -0.3 is 11.1 Å². The van der Waals surface area contributed by atoms with Crippen LogP contribution in [0.25, 0.3) is 0 Å². The lowest BCUT2D eigenvalue weighted by atomic mass is 10.3. The largest absolute Gasteiger partial charge is 0.399 e. The van der Waals surface area contributed by atoms with Gasteiger partial charge in [-0.1, -0.05) is 13.0 Å². The Labute approximate surface area is 104 Å². The predicted octanol–water partition coefficient (Wildman–Crippen LogP) is 0.505. The van der Waals surface area contributed by atoms with E-state index in [1.165, 1.54) is 4.31 Å². The summed E-state index contributed by atoms with van der Waals surface area (Å²) in [4.78, 5) is 11.4. The van der Waals surface area contributed by atoms with E-state index < -0.39 is 11.0 Å². The van der Waals surface area contributed by atoms with Crippen molar-refractivity contribution < 1.29 is 9.00 Å². The zero-order valence-electron chi connectivity index (χ0n) is 9.97. The minimum Gasteiger partial charge on any atom is -0.399 e. The normalized spacial score (nSPS) is 11.9. The fourth-order valence-corrected chi connectivity index (χ4v) is 2.25. The van der Waals surface area contributed by atoms with E-state index >= 15 is 0 Å². The highest BCUT2D eigenvalue weighted by Gasteiger charge is 2.15. The van der Waals surface area contributed by atoms with Crippen LogP contribution in [0.1, 0.15) is 6.92 Å². The highest BCUT2D eigenvalue weighted by Crippen LogP contribution is 2.19. The lowest BCUT2D eigenvalue weighted by molar-refractivity contribution is -0.119. The molecule has 5 nitrogen and oxygen atoms in total. The minimum absolute atomic E-state index is 0.0560. The molecule has 1 unspecified atom stereocenters. The molecule has 0 aromatic heterocycles. The van der Waals surface area contributed by atoms with Crippen molar-refractivity contribution in [3.63, 3.8) is 0 Å². The summed E-state index contributed by atoms with van der Waals surface area (Å²) < 4.78 is 13.4. The highest BCUT2D eigenvalue weighted by molar-refractivity contribution is 7.86. The first-order chi connectivity index (χ1) is 8.08. The smallest absolute Gasteiger partial charge is 0.240 e. The van der Waals surface area contributed by atoms with Gasteiger partial charge in [-0.25, -0.2) is 4.21 Å². The number of amides is 1. The molecule has 0 heterocycles. The quantitative estimate of drug-likeness (QED) is 0.753. The number of nitrogens with two attached hydrogens (primary N) is 1. The Kier molecular flexibility index (Phi) is 4.96. The molecule has 0 fully saturated rings. The molecular formula is C11H17N3O2S. The van der Waals surface area contributed by atoms with Gasteiger partial charge in [-0.15, -0.1) is 0 Å². The fraction of sp³-hybridized carbons (Fsp3) is 0.364. The van der Waals surface area contributed by atoms with E-state index in [2.05, 4.69) is 5.32 Å². The van der Waals surface area contributed by atoms with E-state index in [1.807, 2.05) is 0 Å². The summed E-state index contributed by atoms with van der Waals surface area (Å²) in [5, 5.41) is 2.51. The Morgan fingerprint density at radius 3 is 2.76 bits per heavy atom. The average Bonchev–Trinajstić information content (AvgIpc) is 2.34. The van der Waals surface area contributed by atoms with Crippen molar-refractivity contribution in [3.05, 3.63) is 24.3 Å². The second kappa shape index (κ2) is 6.24. The molecule has 0 aliphatic heterocycles. The van der Waals surface area contributed by atoms with Crippen molar-refractivity contribution in [2.24, 2.45) is 0 Å². The Bertz CT molecular complexity index is 423. The summed E-state index contributed by atoms with van der Waals surface area (Å²) in [7, 11) is 0.321. The van der Waals surface area contributed by atoms with Crippen LogP contribution in [0, 0.1) is 0 Å². The van der Waals surface area contributed by atoms with E-state index in [4.69, 9.17) is 5.73 Å². The second-order valence-electron chi connectivity index (χ2n) is 3.41. The maximum Gasteiger partial charge on any atom is 0.240 e. The third-order valence-corrected chi connectivity index (χ3v) is 3.54. The van der Waals surface area contributed by atoms with Crippen molar-refractivity contribution in [2.45, 2.75) is 6.92 Å². The van der Waals surface area contributed by atoms with Gasteiger partial charge in [0.25, 0.3) is 0 Å². The number of hydrogen-bond acceptors (Lipinski definition) is 3. The topological polar surface area (TPSA) is 75.4 Å². The summed E-state index contributed by atoms with van der Waals surface area (Å²) in [5.74, 6) is 0.264. The molecule has 0 aliphatic rings. The zero-order valence-corrected chi connectivity index (χ0v) is 10.8. The van der Waals surface area contributed by atoms with Crippen LogP contribution in [0.4, 0.5) is 11.4 Å². The van der Waals surface area contributed by atoms with Crippen molar-refractivity contribution >= 4 is 28.3 Å². The number of carbonyl (C=O) groups is 1. The Morgan fingerprint density at radius 1 is 1.53 bits per heavy atom. The number of nitrogens with one attached hydrogen (secondary N) is 1. The molecule has 1 aromatic rings. The molecule has 1 aromatic carbocycles. The highest BCUT2D eigenvalue weighted by atomic mass is 32.2. The predicted molar refractivity (Wildman–Crippen MR) is 71.0 cm³/mol. The molecule has 0 spiro atoms. The number of anilines is 2. The lowest BCUT2D eigenvalue weighted by Crippen LogP contribution is -2.37. The molecule has 6 heteroatoms. The molecule has 0 radical (unpaired) electrons. The standard InChI is InChI=1S/C11H17N3O2S/c1-3-17(16)14(8-11(15)13-2)10-6-4-5-9(12)7-10/h4-7H,3,8,12H2,1-2H3,(H,13,15). The van der Waals surface area contributed by atoms with Crippen LogP contribution in [-0.4, -0.2) is 29.5 Å². The number of benzene rings is 1. The summed E-state index contributed by atoms with van der Waals surface area (Å²) in [6.07, 6.45) is 0. The van der Waals surface area contributed by atoms with Gasteiger partial charge in [0.15, 0.2) is 0 Å². The van der Waals surface area contributed by atoms with E-state index in [0.29, 0.717) is 17.1 Å². The zero-order chi connectivity index (χ0) is 12.8. The van der Waals surface area contributed by atoms with Crippen LogP contribution in [-0.2, 0) is 15.8 Å². The molecule has 1 atom stereocenters. The Morgan fingerprint density at radius 2 is 2.24 bits per heavy atom. The van der Waals surface area contributed by atoms with E-state index in [0.717, 1.165) is 0 Å². The van der Waals surface area contributed by atoms with Crippen LogP contribution in [0.3, 0.4) is 0 Å². The number of nitrogens with zero attached hydrogens (tertiary/aromatic N) is 1. The first kappa shape index (κ1) is 13.5. The summed E-state index contributed by atoms with van der Waals surface area (Å²) in [5.41, 5.74) is 6.94. The second-order valence-corrected chi connectivity index (χ2v) is 5.08. The molecule has 0 saturated heterocycles. The lowest BCUT2D eigenvalue weighted by Gasteiger charge is -2.22. The van der Waals surface area contributed by atoms with Crippen molar-refractivity contribution in [2.75, 3.05) is 29.4 Å². The van der Waals surface area contributed by atoms with Gasteiger partial charge in [0.05, 0.1) is 5.69 Å². The molecule has 1 amide bonds. The van der Waals surface area contributed by atoms with Crippen molar-refractivity contribution in [3.8, 4) is 0 Å². The first-order valence-corrected chi connectivity index (χ1v) is 6.58. The van der Waals surface area contributed by atoms with Crippen molar-refractivity contribution in [1.82, 2.24) is 5.32 Å². The fourth-order valence-electron chi connectivity index (χ4n) is 1.33. The van der Waals surface area contributed by atoms with E-state index in [-0.39, 0.29) is 12.5 Å². The monoisotopic (exact) mass is 255 g/mol. The van der Waals surface area contributed by atoms with Crippen LogP contribution < -0.4 is 15.4 Å². The number of likely N-dealkylation sites (N-methyl/N-ethyl adjacent to an activating group) is 1. The molecule has 1 rings (SSSR count). The summed E-state index contributed by atoms with van der Waals surface area (Å²) in [6, 6.07) is 7.01. The molecule has 0 saturated carbocycles. The maximum absolute atomic E-state index is 11.9. The van der Waals surface area contributed by atoms with Gasteiger partial charge in [0.1, 0.15) is 17.5 Å². The van der Waals surface area contributed by atoms with Gasteiger partial charge in [-0.05, 0) is 18.2 Å². The van der Waals surface area contributed by atoms with Crippen molar-refractivity contribution in [1.29, 1.82) is 0 Å². The van der Waals surface area contributed by atoms with Crippen LogP contribution >= 0.6 is 0 Å². The molecule has 3 N–H and O–H groups in total. The molecular weight excluding hydrogens is 238 g/mol. The molecule has 17 heavy (non-hydrogen) atoms. The summed E-state index contributed by atoms with van der Waals surface area (Å²) in [6.45, 7) is 1.86. The molecule has 0 aliphatic carbocycles. The van der Waals surface area contributed by atoms with Crippen LogP contribution in [0.15, 0.2) is 24.3 Å². The first-order valence-electron chi connectivity index (χ1n) is 5.30.